The molecule has 66 valence electrons. The molecule has 2 unspecified atom stereocenters. The lowest BCUT2D eigenvalue weighted by Crippen LogP contribution is -2.08. The summed E-state index contributed by atoms with van der Waals surface area (Å²) in [6.07, 6.45) is 4.10. The first kappa shape index (κ1) is 9.09. The van der Waals surface area contributed by atoms with Crippen LogP contribution in [0.5, 0.6) is 0 Å². The number of rotatable bonds is 3. The molecule has 11 heavy (non-hydrogen) atoms. The van der Waals surface area contributed by atoms with Crippen molar-refractivity contribution in [2.45, 2.75) is 53.9 Å². The molecule has 2 atom stereocenters. The van der Waals surface area contributed by atoms with Crippen LogP contribution in [0.15, 0.2) is 0 Å². The molecule has 0 nitrogen and oxygen atoms in total. The van der Waals surface area contributed by atoms with Crippen LogP contribution in [-0.4, -0.2) is 0 Å². The second-order valence-electron chi connectivity index (χ2n) is 4.36. The predicted octanol–water partition coefficient (Wildman–Crippen LogP) is 3.86. The van der Waals surface area contributed by atoms with Crippen molar-refractivity contribution in [2.75, 3.05) is 0 Å². The van der Waals surface area contributed by atoms with Crippen LogP contribution in [0.3, 0.4) is 0 Å². The Bertz CT molecular complexity index is 144. The van der Waals surface area contributed by atoms with Crippen LogP contribution in [0.2, 0.25) is 0 Å². The standard InChI is InChI=1S/C11H22/c1-6-10(5)9(4)11(10,7-2)8-3/h9H,6-8H2,1-5H3. The first-order chi connectivity index (χ1) is 5.09. The Morgan fingerprint density at radius 1 is 1.00 bits per heavy atom. The molecule has 0 aromatic carbocycles. The van der Waals surface area contributed by atoms with E-state index in [4.69, 9.17) is 0 Å². The van der Waals surface area contributed by atoms with E-state index in [1.54, 1.807) is 0 Å². The van der Waals surface area contributed by atoms with Crippen LogP contribution in [0.1, 0.15) is 53.9 Å². The van der Waals surface area contributed by atoms with E-state index in [9.17, 15) is 0 Å². The van der Waals surface area contributed by atoms with Gasteiger partial charge in [-0.15, -0.1) is 0 Å². The second kappa shape index (κ2) is 2.50. The maximum absolute atomic E-state index is 2.46. The summed E-state index contributed by atoms with van der Waals surface area (Å²) in [5.74, 6) is 0.954. The Morgan fingerprint density at radius 2 is 1.45 bits per heavy atom. The summed E-state index contributed by atoms with van der Waals surface area (Å²) in [5.41, 5.74) is 1.36. The smallest absolute Gasteiger partial charge is 0.0215 e. The summed E-state index contributed by atoms with van der Waals surface area (Å²) in [6, 6.07) is 0. The lowest BCUT2D eigenvalue weighted by atomic mass is 9.87. The summed E-state index contributed by atoms with van der Waals surface area (Å²) in [5, 5.41) is 0. The van der Waals surface area contributed by atoms with Gasteiger partial charge in [0.2, 0.25) is 0 Å². The van der Waals surface area contributed by atoms with Crippen LogP contribution < -0.4 is 0 Å². The highest BCUT2D eigenvalue weighted by Crippen LogP contribution is 2.73. The highest BCUT2D eigenvalue weighted by atomic mass is 14.7. The molecule has 0 aromatic rings. The normalized spacial score (nSPS) is 40.6. The van der Waals surface area contributed by atoms with Gasteiger partial charge in [-0.2, -0.15) is 0 Å². The average molecular weight is 154 g/mol. The molecule has 0 N–H and O–H groups in total. The molecule has 1 aliphatic rings. The van der Waals surface area contributed by atoms with Gasteiger partial charge in [0.15, 0.2) is 0 Å². The van der Waals surface area contributed by atoms with Gasteiger partial charge < -0.3 is 0 Å². The maximum atomic E-state index is 2.46. The first-order valence-corrected chi connectivity index (χ1v) is 5.09. The second-order valence-corrected chi connectivity index (χ2v) is 4.36. The molecule has 0 saturated heterocycles. The Hall–Kier alpha value is 0. The van der Waals surface area contributed by atoms with Gasteiger partial charge >= 0.3 is 0 Å². The molecule has 0 spiro atoms. The van der Waals surface area contributed by atoms with Crippen molar-refractivity contribution in [1.29, 1.82) is 0 Å². The Balaban J connectivity index is 2.76. The summed E-state index contributed by atoms with van der Waals surface area (Å²) in [6.45, 7) is 11.9. The van der Waals surface area contributed by atoms with Crippen molar-refractivity contribution in [1.82, 2.24) is 0 Å². The summed E-state index contributed by atoms with van der Waals surface area (Å²) in [4.78, 5) is 0. The molecule has 0 heteroatoms. The molecular weight excluding hydrogens is 132 g/mol. The minimum atomic E-state index is 0.663. The van der Waals surface area contributed by atoms with Crippen molar-refractivity contribution >= 4 is 0 Å². The maximum Gasteiger partial charge on any atom is -0.0215 e. The molecule has 0 aliphatic heterocycles. The van der Waals surface area contributed by atoms with Gasteiger partial charge in [-0.05, 0) is 36.0 Å². The van der Waals surface area contributed by atoms with E-state index in [1.165, 1.54) is 19.3 Å². The van der Waals surface area contributed by atoms with Gasteiger partial charge in [-0.25, -0.2) is 0 Å². The summed E-state index contributed by atoms with van der Waals surface area (Å²) >= 11 is 0. The van der Waals surface area contributed by atoms with Crippen molar-refractivity contribution in [2.24, 2.45) is 16.7 Å². The third-order valence-corrected chi connectivity index (χ3v) is 4.83. The summed E-state index contributed by atoms with van der Waals surface area (Å²) < 4.78 is 0. The molecule has 0 amide bonds. The number of hydrogen-bond acceptors (Lipinski definition) is 0. The van der Waals surface area contributed by atoms with E-state index in [1.807, 2.05) is 0 Å². The zero-order valence-corrected chi connectivity index (χ0v) is 8.70. The average Bonchev–Trinajstić information content (AvgIpc) is 2.52. The molecule has 1 rings (SSSR count). The topological polar surface area (TPSA) is 0 Å². The molecule has 0 radical (unpaired) electrons. The van der Waals surface area contributed by atoms with Gasteiger partial charge in [0.1, 0.15) is 0 Å². The highest BCUT2D eigenvalue weighted by Gasteiger charge is 2.67. The quantitative estimate of drug-likeness (QED) is 0.579. The monoisotopic (exact) mass is 154 g/mol. The largest absolute Gasteiger partial charge is 0.0648 e. The lowest BCUT2D eigenvalue weighted by Gasteiger charge is -2.17. The van der Waals surface area contributed by atoms with Gasteiger partial charge in [0.25, 0.3) is 0 Å². The van der Waals surface area contributed by atoms with Crippen LogP contribution in [-0.2, 0) is 0 Å². The fourth-order valence-electron chi connectivity index (χ4n) is 3.44. The van der Waals surface area contributed by atoms with E-state index < -0.39 is 0 Å². The van der Waals surface area contributed by atoms with Crippen LogP contribution >= 0.6 is 0 Å². The Kier molecular flexibility index (Phi) is 2.07. The zero-order valence-electron chi connectivity index (χ0n) is 8.70. The molecule has 1 aliphatic carbocycles. The van der Waals surface area contributed by atoms with E-state index in [-0.39, 0.29) is 0 Å². The molecule has 0 bridgehead atoms. The van der Waals surface area contributed by atoms with Crippen molar-refractivity contribution in [3.8, 4) is 0 Å². The van der Waals surface area contributed by atoms with Crippen molar-refractivity contribution in [3.05, 3.63) is 0 Å². The molecular formula is C11H22. The van der Waals surface area contributed by atoms with Gasteiger partial charge in [-0.3, -0.25) is 0 Å². The third-order valence-electron chi connectivity index (χ3n) is 4.83. The van der Waals surface area contributed by atoms with E-state index in [0.717, 1.165) is 5.92 Å². The minimum Gasteiger partial charge on any atom is -0.0648 e. The zero-order chi connectivity index (χ0) is 8.70. The highest BCUT2D eigenvalue weighted by molar-refractivity contribution is 5.15. The minimum absolute atomic E-state index is 0.663. The van der Waals surface area contributed by atoms with Gasteiger partial charge in [-0.1, -0.05) is 34.6 Å². The fraction of sp³-hybridized carbons (Fsp3) is 1.00. The lowest BCUT2D eigenvalue weighted by molar-refractivity contribution is 0.327. The van der Waals surface area contributed by atoms with Crippen molar-refractivity contribution < 1.29 is 0 Å². The third kappa shape index (κ3) is 0.816. The summed E-state index contributed by atoms with van der Waals surface area (Å²) in [7, 11) is 0. The van der Waals surface area contributed by atoms with Gasteiger partial charge in [0.05, 0.1) is 0 Å². The SMILES string of the molecule is CCC1(C)C(C)C1(CC)CC. The Labute approximate surface area is 71.4 Å². The molecule has 0 aromatic heterocycles. The molecule has 0 heterocycles. The Morgan fingerprint density at radius 3 is 1.55 bits per heavy atom. The van der Waals surface area contributed by atoms with E-state index in [2.05, 4.69) is 34.6 Å². The van der Waals surface area contributed by atoms with Crippen LogP contribution in [0, 0.1) is 16.7 Å². The van der Waals surface area contributed by atoms with Crippen LogP contribution in [0.25, 0.3) is 0 Å². The molecule has 1 saturated carbocycles. The first-order valence-electron chi connectivity index (χ1n) is 5.09. The van der Waals surface area contributed by atoms with Gasteiger partial charge in [0, 0.05) is 0 Å². The molecule has 1 fully saturated rings. The van der Waals surface area contributed by atoms with E-state index >= 15 is 0 Å². The predicted molar refractivity (Wildman–Crippen MR) is 50.6 cm³/mol. The van der Waals surface area contributed by atoms with Crippen molar-refractivity contribution in [3.63, 3.8) is 0 Å². The number of hydrogen-bond donors (Lipinski definition) is 0. The van der Waals surface area contributed by atoms with E-state index in [0.29, 0.717) is 10.8 Å². The van der Waals surface area contributed by atoms with Crippen LogP contribution in [0.4, 0.5) is 0 Å². The fourth-order valence-corrected chi connectivity index (χ4v) is 3.44.